The standard InChI is InChI=1S/C22H19F2N7OS/c1-2-7-33-31-16-6-4-13(23)18(19(16)24)20(32)12-9-27-21-17(12)22(29-10-28-21)30-11-3-5-14(25)15(26)8-11/h3-6,8-10,25-26,31H,2,7H2,1H3,(H2,27,28,29,30). The molecule has 0 unspecified atom stereocenters. The van der Waals surface area contributed by atoms with E-state index in [2.05, 4.69) is 25.0 Å². The van der Waals surface area contributed by atoms with E-state index in [1.54, 1.807) is 6.08 Å². The van der Waals surface area contributed by atoms with Gasteiger partial charge in [0.15, 0.2) is 5.82 Å². The van der Waals surface area contributed by atoms with Gasteiger partial charge in [-0.3, -0.25) is 15.6 Å². The smallest absolute Gasteiger partial charge is 0.201 e. The average molecular weight is 468 g/mol. The van der Waals surface area contributed by atoms with Crippen LogP contribution in [0.15, 0.2) is 48.6 Å². The fraction of sp³-hybridized carbons (Fsp3) is 0.136. The molecule has 0 amide bonds. The molecule has 168 valence electrons. The molecule has 0 saturated carbocycles. The number of benzene rings is 1. The molecule has 1 aliphatic carbocycles. The van der Waals surface area contributed by atoms with Crippen LogP contribution in [0.2, 0.25) is 0 Å². The number of H-pyrrole nitrogens is 1. The predicted molar refractivity (Wildman–Crippen MR) is 126 cm³/mol. The highest BCUT2D eigenvalue weighted by atomic mass is 32.2. The molecule has 0 bridgehead atoms. The topological polar surface area (TPSA) is 130 Å². The Kier molecular flexibility index (Phi) is 6.31. The quantitative estimate of drug-likeness (QED) is 0.139. The van der Waals surface area contributed by atoms with Gasteiger partial charge in [0.1, 0.15) is 23.6 Å². The Balaban J connectivity index is 1.74. The van der Waals surface area contributed by atoms with E-state index in [-0.39, 0.29) is 33.9 Å². The molecule has 4 rings (SSSR count). The summed E-state index contributed by atoms with van der Waals surface area (Å²) in [6, 6.07) is 2.30. The number of rotatable bonds is 8. The Labute approximate surface area is 191 Å². The summed E-state index contributed by atoms with van der Waals surface area (Å²) in [5.74, 6) is -1.88. The fourth-order valence-corrected chi connectivity index (χ4v) is 3.82. The Hall–Kier alpha value is -3.86. The zero-order valence-corrected chi connectivity index (χ0v) is 18.2. The van der Waals surface area contributed by atoms with Gasteiger partial charge < -0.3 is 15.0 Å². The van der Waals surface area contributed by atoms with Crippen LogP contribution in [-0.2, 0) is 0 Å². The molecule has 3 aromatic rings. The lowest BCUT2D eigenvalue weighted by molar-refractivity contribution is 0.103. The summed E-state index contributed by atoms with van der Waals surface area (Å²) >= 11 is 1.26. The van der Waals surface area contributed by atoms with Gasteiger partial charge >= 0.3 is 0 Å². The summed E-state index contributed by atoms with van der Waals surface area (Å²) < 4.78 is 32.5. The molecule has 0 fully saturated rings. The molecule has 8 nitrogen and oxygen atoms in total. The van der Waals surface area contributed by atoms with Gasteiger partial charge in [0.05, 0.1) is 33.6 Å². The lowest BCUT2D eigenvalue weighted by atomic mass is 10.0. The maximum Gasteiger partial charge on any atom is 0.201 e. The molecule has 11 heteroatoms. The maximum atomic E-state index is 15.1. The van der Waals surface area contributed by atoms with Crippen molar-refractivity contribution < 1.29 is 13.6 Å². The van der Waals surface area contributed by atoms with E-state index >= 15 is 4.39 Å². The number of ketones is 1. The minimum absolute atomic E-state index is 0.00469. The number of hydrogen-bond donors (Lipinski definition) is 5. The first-order valence-corrected chi connectivity index (χ1v) is 11.0. The van der Waals surface area contributed by atoms with Gasteiger partial charge in [-0.2, -0.15) is 0 Å². The van der Waals surface area contributed by atoms with Crippen LogP contribution in [-0.4, -0.2) is 37.9 Å². The van der Waals surface area contributed by atoms with E-state index < -0.39 is 23.0 Å². The van der Waals surface area contributed by atoms with Gasteiger partial charge in [-0.1, -0.05) is 18.9 Å². The van der Waals surface area contributed by atoms with E-state index in [4.69, 9.17) is 10.8 Å². The predicted octanol–water partition coefficient (Wildman–Crippen LogP) is 4.84. The molecule has 5 N–H and O–H groups in total. The number of anilines is 2. The van der Waals surface area contributed by atoms with Crippen molar-refractivity contribution in [1.82, 2.24) is 15.0 Å². The number of carbonyl (C=O) groups is 1. The monoisotopic (exact) mass is 467 g/mol. The number of aromatic nitrogens is 3. The summed E-state index contributed by atoms with van der Waals surface area (Å²) in [5.41, 5.74) is 0.158. The van der Waals surface area contributed by atoms with Crippen molar-refractivity contribution >= 4 is 51.7 Å². The minimum Gasteiger partial charge on any atom is -0.345 e. The number of carbonyl (C=O) groups excluding carboxylic acids is 1. The zero-order chi connectivity index (χ0) is 23.5. The van der Waals surface area contributed by atoms with Gasteiger partial charge in [-0.15, -0.1) is 0 Å². The van der Waals surface area contributed by atoms with Gasteiger partial charge in [0, 0.05) is 17.6 Å². The second-order valence-corrected chi connectivity index (χ2v) is 8.00. The molecule has 0 radical (unpaired) electrons. The number of nitrogens with zero attached hydrogens (tertiary/aromatic N) is 2. The van der Waals surface area contributed by atoms with Crippen molar-refractivity contribution in [3.63, 3.8) is 0 Å². The summed E-state index contributed by atoms with van der Waals surface area (Å²) in [5, 5.41) is 18.7. The third kappa shape index (κ3) is 4.40. The highest BCUT2D eigenvalue weighted by Gasteiger charge is 2.26. The lowest BCUT2D eigenvalue weighted by Gasteiger charge is -2.13. The largest absolute Gasteiger partial charge is 0.345 e. The molecule has 1 aromatic carbocycles. The Morgan fingerprint density at radius 1 is 1.18 bits per heavy atom. The summed E-state index contributed by atoms with van der Waals surface area (Å²) in [7, 11) is 0. The molecule has 33 heavy (non-hydrogen) atoms. The molecular weight excluding hydrogens is 448 g/mol. The molecule has 1 aliphatic rings. The van der Waals surface area contributed by atoms with Crippen LogP contribution >= 0.6 is 11.9 Å². The van der Waals surface area contributed by atoms with Gasteiger partial charge in [-0.05, 0) is 36.8 Å². The summed E-state index contributed by atoms with van der Waals surface area (Å²) in [4.78, 5) is 24.4. The molecule has 0 aliphatic heterocycles. The van der Waals surface area contributed by atoms with Gasteiger partial charge in [0.25, 0.3) is 0 Å². The first kappa shape index (κ1) is 22.3. The van der Waals surface area contributed by atoms with E-state index in [0.717, 1.165) is 18.2 Å². The van der Waals surface area contributed by atoms with Crippen molar-refractivity contribution in [1.29, 1.82) is 10.8 Å². The van der Waals surface area contributed by atoms with Crippen LogP contribution in [0.4, 0.5) is 20.3 Å². The van der Waals surface area contributed by atoms with E-state index in [1.807, 2.05) is 6.92 Å². The molecule has 2 aromatic heterocycles. The molecule has 0 spiro atoms. The van der Waals surface area contributed by atoms with Crippen molar-refractivity contribution in [3.05, 3.63) is 71.3 Å². The second kappa shape index (κ2) is 9.33. The first-order chi connectivity index (χ1) is 15.9. The van der Waals surface area contributed by atoms with Crippen molar-refractivity contribution in [2.45, 2.75) is 13.3 Å². The normalized spacial score (nSPS) is 13.4. The Morgan fingerprint density at radius 2 is 2.00 bits per heavy atom. The Bertz CT molecular complexity index is 1350. The van der Waals surface area contributed by atoms with Crippen molar-refractivity contribution in [2.75, 3.05) is 15.8 Å². The molecular formula is C22H19F2N7OS. The average Bonchev–Trinajstić information content (AvgIpc) is 3.23. The van der Waals surface area contributed by atoms with Gasteiger partial charge in [0.2, 0.25) is 5.78 Å². The number of halogens is 2. The van der Waals surface area contributed by atoms with Crippen LogP contribution < -0.4 is 10.0 Å². The summed E-state index contributed by atoms with van der Waals surface area (Å²) in [6.07, 6.45) is 7.94. The Morgan fingerprint density at radius 3 is 2.76 bits per heavy atom. The number of aromatic amines is 1. The van der Waals surface area contributed by atoms with E-state index in [9.17, 15) is 9.18 Å². The second-order valence-electron chi connectivity index (χ2n) is 7.10. The maximum absolute atomic E-state index is 15.1. The SMILES string of the molecule is CCCSNc1ccc(F)c(C(=O)c2c[nH]c3ncnc(NC4=CC(=N)C(=N)C=C4)c23)c1F. The zero-order valence-electron chi connectivity index (χ0n) is 17.4. The van der Waals surface area contributed by atoms with Gasteiger partial charge in [-0.25, -0.2) is 18.7 Å². The van der Waals surface area contributed by atoms with Crippen molar-refractivity contribution in [3.8, 4) is 0 Å². The number of fused-ring (bicyclic) bond motifs is 1. The highest BCUT2D eigenvalue weighted by molar-refractivity contribution is 8.00. The number of hydrogen-bond acceptors (Lipinski definition) is 8. The summed E-state index contributed by atoms with van der Waals surface area (Å²) in [6.45, 7) is 1.97. The van der Waals surface area contributed by atoms with Crippen LogP contribution in [0.25, 0.3) is 11.0 Å². The van der Waals surface area contributed by atoms with E-state index in [0.29, 0.717) is 11.3 Å². The third-order valence-corrected chi connectivity index (χ3v) is 5.78. The van der Waals surface area contributed by atoms with Crippen molar-refractivity contribution in [2.24, 2.45) is 0 Å². The molecule has 0 atom stereocenters. The minimum atomic E-state index is -0.978. The van der Waals surface area contributed by atoms with Crippen LogP contribution in [0, 0.1) is 22.5 Å². The van der Waals surface area contributed by atoms with E-state index in [1.165, 1.54) is 42.7 Å². The van der Waals surface area contributed by atoms with Crippen LogP contribution in [0.3, 0.4) is 0 Å². The lowest BCUT2D eigenvalue weighted by Crippen LogP contribution is -2.14. The van der Waals surface area contributed by atoms with Crippen LogP contribution in [0.1, 0.15) is 29.3 Å². The fourth-order valence-electron chi connectivity index (χ4n) is 3.20. The highest BCUT2D eigenvalue weighted by Crippen LogP contribution is 2.30. The molecule has 0 saturated heterocycles. The van der Waals surface area contributed by atoms with Crippen LogP contribution in [0.5, 0.6) is 0 Å². The molecule has 2 heterocycles. The third-order valence-electron chi connectivity index (χ3n) is 4.80. The number of allylic oxidation sites excluding steroid dienone is 3. The first-order valence-electron chi connectivity index (χ1n) is 9.97. The number of nitrogens with one attached hydrogen (secondary N) is 5.